The molecular weight excluding hydrogens is 346 g/mol. The standard InChI is InChI=1S/C17H13BCl2N2O2/c1-21-15(6-10-2-4-11(18)5-3-10)16(23)22(17(21)24)14-8-12(19)7-13(20)9-14/h2-9H,18H2,1H3/b15-6+. The van der Waals surface area contributed by atoms with Crippen LogP contribution in [-0.2, 0) is 4.79 Å². The summed E-state index contributed by atoms with van der Waals surface area (Å²) in [5, 5.41) is 0.716. The van der Waals surface area contributed by atoms with Crippen LogP contribution in [0.4, 0.5) is 10.5 Å². The molecule has 120 valence electrons. The summed E-state index contributed by atoms with van der Waals surface area (Å²) in [6.07, 6.45) is 1.69. The van der Waals surface area contributed by atoms with Gasteiger partial charge in [0.2, 0.25) is 0 Å². The van der Waals surface area contributed by atoms with E-state index in [1.165, 1.54) is 17.0 Å². The highest BCUT2D eigenvalue weighted by Gasteiger charge is 2.40. The van der Waals surface area contributed by atoms with E-state index in [2.05, 4.69) is 0 Å². The third-order valence-corrected chi connectivity index (χ3v) is 4.18. The lowest BCUT2D eigenvalue weighted by Crippen LogP contribution is -2.31. The predicted molar refractivity (Wildman–Crippen MR) is 99.7 cm³/mol. The van der Waals surface area contributed by atoms with Crippen molar-refractivity contribution in [3.8, 4) is 0 Å². The minimum Gasteiger partial charge on any atom is -0.292 e. The second-order valence-electron chi connectivity index (χ2n) is 5.55. The van der Waals surface area contributed by atoms with Crippen molar-refractivity contribution in [2.75, 3.05) is 11.9 Å². The quantitative estimate of drug-likeness (QED) is 0.470. The highest BCUT2D eigenvalue weighted by Crippen LogP contribution is 2.31. The van der Waals surface area contributed by atoms with Crippen molar-refractivity contribution < 1.29 is 9.59 Å². The van der Waals surface area contributed by atoms with Gasteiger partial charge in [0.05, 0.1) is 5.69 Å². The number of imide groups is 1. The van der Waals surface area contributed by atoms with E-state index in [-0.39, 0.29) is 0 Å². The normalized spacial score (nSPS) is 16.4. The van der Waals surface area contributed by atoms with Crippen molar-refractivity contribution in [3.63, 3.8) is 0 Å². The van der Waals surface area contributed by atoms with Crippen LogP contribution in [0.2, 0.25) is 10.0 Å². The van der Waals surface area contributed by atoms with Gasteiger partial charge in [-0.1, -0.05) is 52.9 Å². The van der Waals surface area contributed by atoms with Crippen molar-refractivity contribution in [1.82, 2.24) is 4.90 Å². The van der Waals surface area contributed by atoms with Crippen molar-refractivity contribution in [1.29, 1.82) is 0 Å². The minimum absolute atomic E-state index is 0.292. The zero-order valence-electron chi connectivity index (χ0n) is 13.1. The van der Waals surface area contributed by atoms with Crippen LogP contribution in [0.25, 0.3) is 6.08 Å². The summed E-state index contributed by atoms with van der Waals surface area (Å²) in [5.41, 5.74) is 2.60. The van der Waals surface area contributed by atoms with Gasteiger partial charge in [0.25, 0.3) is 5.91 Å². The minimum atomic E-state index is -0.448. The highest BCUT2D eigenvalue weighted by molar-refractivity contribution is 6.36. The Kier molecular flexibility index (Phi) is 4.39. The molecule has 0 bridgehead atoms. The second-order valence-corrected chi connectivity index (χ2v) is 6.42. The maximum absolute atomic E-state index is 12.7. The zero-order chi connectivity index (χ0) is 17.4. The number of carbonyl (C=O) groups is 2. The molecule has 0 radical (unpaired) electrons. The molecule has 0 atom stereocenters. The molecule has 7 heteroatoms. The fourth-order valence-corrected chi connectivity index (χ4v) is 2.99. The number of hydrogen-bond donors (Lipinski definition) is 0. The molecule has 0 aromatic heterocycles. The van der Waals surface area contributed by atoms with Gasteiger partial charge >= 0.3 is 6.03 Å². The number of amides is 3. The number of nitrogens with zero attached hydrogens (tertiary/aromatic N) is 2. The van der Waals surface area contributed by atoms with E-state index in [4.69, 9.17) is 23.2 Å². The fraction of sp³-hybridized carbons (Fsp3) is 0.0588. The van der Waals surface area contributed by atoms with Crippen LogP contribution >= 0.6 is 23.2 Å². The number of benzene rings is 2. The van der Waals surface area contributed by atoms with Gasteiger partial charge in [-0.3, -0.25) is 9.69 Å². The summed E-state index contributed by atoms with van der Waals surface area (Å²) >= 11 is 12.0. The van der Waals surface area contributed by atoms with Gasteiger partial charge in [-0.25, -0.2) is 9.69 Å². The lowest BCUT2D eigenvalue weighted by Gasteiger charge is -2.14. The molecule has 0 spiro atoms. The third-order valence-electron chi connectivity index (χ3n) is 3.75. The number of anilines is 1. The first-order chi connectivity index (χ1) is 11.4. The highest BCUT2D eigenvalue weighted by atomic mass is 35.5. The molecule has 0 aliphatic carbocycles. The van der Waals surface area contributed by atoms with Gasteiger partial charge in [0.1, 0.15) is 13.5 Å². The SMILES string of the molecule is Bc1ccc(/C=C2\C(=O)N(c3cc(Cl)cc(Cl)c3)C(=O)N2C)cc1. The first-order valence-electron chi connectivity index (χ1n) is 7.23. The first kappa shape index (κ1) is 16.6. The van der Waals surface area contributed by atoms with Crippen LogP contribution < -0.4 is 10.4 Å². The molecule has 1 aliphatic heterocycles. The molecule has 1 aliphatic rings. The van der Waals surface area contributed by atoms with E-state index in [1.54, 1.807) is 19.2 Å². The van der Waals surface area contributed by atoms with Crippen molar-refractivity contribution >= 4 is 60.2 Å². The summed E-state index contributed by atoms with van der Waals surface area (Å²) in [6, 6.07) is 11.9. The summed E-state index contributed by atoms with van der Waals surface area (Å²) in [6.45, 7) is 0. The second kappa shape index (κ2) is 6.34. The summed E-state index contributed by atoms with van der Waals surface area (Å²) in [5.74, 6) is -0.415. The number of carbonyl (C=O) groups excluding carboxylic acids is 2. The molecule has 3 rings (SSSR count). The number of halogens is 2. The average molecular weight is 359 g/mol. The molecule has 0 N–H and O–H groups in total. The van der Waals surface area contributed by atoms with Crippen LogP contribution in [-0.4, -0.2) is 31.7 Å². The van der Waals surface area contributed by atoms with Crippen LogP contribution in [0, 0.1) is 0 Å². The molecule has 1 saturated heterocycles. The van der Waals surface area contributed by atoms with E-state index in [0.717, 1.165) is 15.9 Å². The number of rotatable bonds is 2. The molecular formula is C17H13BCl2N2O2. The van der Waals surface area contributed by atoms with Crippen LogP contribution in [0.3, 0.4) is 0 Å². The molecule has 0 saturated carbocycles. The number of hydrogen-bond acceptors (Lipinski definition) is 2. The Morgan fingerprint density at radius 3 is 2.17 bits per heavy atom. The number of likely N-dealkylation sites (N-methyl/N-ethyl adjacent to an activating group) is 1. The van der Waals surface area contributed by atoms with E-state index in [1.807, 2.05) is 32.1 Å². The largest absolute Gasteiger partial charge is 0.336 e. The lowest BCUT2D eigenvalue weighted by atomic mass is 9.95. The Labute approximate surface area is 150 Å². The summed E-state index contributed by atoms with van der Waals surface area (Å²) in [4.78, 5) is 27.6. The van der Waals surface area contributed by atoms with E-state index in [0.29, 0.717) is 21.4 Å². The van der Waals surface area contributed by atoms with E-state index < -0.39 is 11.9 Å². The van der Waals surface area contributed by atoms with Crippen molar-refractivity contribution in [2.45, 2.75) is 0 Å². The van der Waals surface area contributed by atoms with Crippen molar-refractivity contribution in [2.24, 2.45) is 0 Å². The maximum atomic E-state index is 12.7. The van der Waals surface area contributed by atoms with Gasteiger partial charge in [-0.2, -0.15) is 0 Å². The predicted octanol–water partition coefficient (Wildman–Crippen LogP) is 2.69. The molecule has 4 nitrogen and oxygen atoms in total. The smallest absolute Gasteiger partial charge is 0.292 e. The van der Waals surface area contributed by atoms with Crippen LogP contribution in [0.15, 0.2) is 48.2 Å². The Morgan fingerprint density at radius 2 is 1.58 bits per heavy atom. The molecule has 3 amide bonds. The zero-order valence-corrected chi connectivity index (χ0v) is 14.6. The van der Waals surface area contributed by atoms with Gasteiger partial charge in [0.15, 0.2) is 0 Å². The van der Waals surface area contributed by atoms with Crippen LogP contribution in [0.1, 0.15) is 5.56 Å². The lowest BCUT2D eigenvalue weighted by molar-refractivity contribution is -0.114. The molecule has 1 fully saturated rings. The average Bonchev–Trinajstić information content (AvgIpc) is 2.72. The Bertz CT molecular complexity index is 845. The molecule has 0 unspecified atom stereocenters. The third kappa shape index (κ3) is 3.05. The summed E-state index contributed by atoms with van der Waals surface area (Å²) < 4.78 is 0. The monoisotopic (exact) mass is 358 g/mol. The van der Waals surface area contributed by atoms with Gasteiger partial charge < -0.3 is 0 Å². The maximum Gasteiger partial charge on any atom is 0.336 e. The van der Waals surface area contributed by atoms with Gasteiger partial charge in [0, 0.05) is 17.1 Å². The summed E-state index contributed by atoms with van der Waals surface area (Å²) in [7, 11) is 3.55. The van der Waals surface area contributed by atoms with Crippen LogP contribution in [0.5, 0.6) is 0 Å². The van der Waals surface area contributed by atoms with Gasteiger partial charge in [-0.15, -0.1) is 0 Å². The Hall–Kier alpha value is -2.24. The van der Waals surface area contributed by atoms with E-state index in [9.17, 15) is 9.59 Å². The van der Waals surface area contributed by atoms with Gasteiger partial charge in [-0.05, 0) is 29.8 Å². The van der Waals surface area contributed by atoms with E-state index >= 15 is 0 Å². The Morgan fingerprint density at radius 1 is 1.00 bits per heavy atom. The molecule has 2 aromatic rings. The van der Waals surface area contributed by atoms with Crippen molar-refractivity contribution in [3.05, 3.63) is 63.8 Å². The molecule has 2 aromatic carbocycles. The fourth-order valence-electron chi connectivity index (χ4n) is 2.47. The molecule has 24 heavy (non-hydrogen) atoms. The topological polar surface area (TPSA) is 40.6 Å². The molecule has 1 heterocycles. The first-order valence-corrected chi connectivity index (χ1v) is 7.99. The Balaban J connectivity index is 2.01. The number of urea groups is 1.